The summed E-state index contributed by atoms with van der Waals surface area (Å²) in [6, 6.07) is 8.25. The molecule has 1 rings (SSSR count). The number of carbonyl (C=O) groups excluding carboxylic acids is 1. The van der Waals surface area contributed by atoms with Crippen LogP contribution in [0.25, 0.3) is 0 Å². The maximum atomic E-state index is 12.0. The number of ketones is 1. The molecule has 106 valence electrons. The fourth-order valence-electron chi connectivity index (χ4n) is 2.36. The van der Waals surface area contributed by atoms with Crippen molar-refractivity contribution in [3.63, 3.8) is 0 Å². The van der Waals surface area contributed by atoms with Gasteiger partial charge in [0.25, 0.3) is 0 Å². The molecular formula is C16H24BrNO. The molecule has 0 aromatic heterocycles. The van der Waals surface area contributed by atoms with E-state index in [0.29, 0.717) is 12.5 Å². The van der Waals surface area contributed by atoms with Gasteiger partial charge in [-0.05, 0) is 45.0 Å². The first-order valence-corrected chi connectivity index (χ1v) is 7.86. The van der Waals surface area contributed by atoms with Crippen molar-refractivity contribution in [3.8, 4) is 0 Å². The van der Waals surface area contributed by atoms with Gasteiger partial charge >= 0.3 is 0 Å². The SMILES string of the molecule is CCC(CC)N(C)CCCC(=O)c1ccc(Br)cc1. The predicted molar refractivity (Wildman–Crippen MR) is 84.7 cm³/mol. The Kier molecular flexibility index (Phi) is 7.32. The minimum absolute atomic E-state index is 0.241. The van der Waals surface area contributed by atoms with E-state index in [1.807, 2.05) is 24.3 Å². The monoisotopic (exact) mass is 325 g/mol. The molecule has 0 unspecified atom stereocenters. The van der Waals surface area contributed by atoms with Crippen LogP contribution in [0.4, 0.5) is 0 Å². The van der Waals surface area contributed by atoms with Crippen molar-refractivity contribution < 1.29 is 4.79 Å². The Morgan fingerprint density at radius 1 is 1.21 bits per heavy atom. The van der Waals surface area contributed by atoms with Crippen molar-refractivity contribution in [2.75, 3.05) is 13.6 Å². The number of Topliss-reactive ketones (excluding diaryl/α,β-unsaturated/α-hetero) is 1. The third-order valence-corrected chi connectivity index (χ3v) is 4.18. The second-order valence-corrected chi connectivity index (χ2v) is 5.90. The Morgan fingerprint density at radius 3 is 2.32 bits per heavy atom. The number of hydrogen-bond donors (Lipinski definition) is 0. The highest BCUT2D eigenvalue weighted by Crippen LogP contribution is 2.13. The molecule has 0 atom stereocenters. The van der Waals surface area contributed by atoms with E-state index in [-0.39, 0.29) is 5.78 Å². The second-order valence-electron chi connectivity index (χ2n) is 4.98. The largest absolute Gasteiger partial charge is 0.303 e. The third kappa shape index (κ3) is 5.45. The summed E-state index contributed by atoms with van der Waals surface area (Å²) in [6.45, 7) is 5.43. The number of nitrogens with zero attached hydrogens (tertiary/aromatic N) is 1. The first-order valence-electron chi connectivity index (χ1n) is 7.07. The molecule has 19 heavy (non-hydrogen) atoms. The normalized spacial score (nSPS) is 11.3. The Morgan fingerprint density at radius 2 is 1.79 bits per heavy atom. The van der Waals surface area contributed by atoms with Gasteiger partial charge in [0, 0.05) is 22.5 Å². The molecule has 0 radical (unpaired) electrons. The molecule has 2 nitrogen and oxygen atoms in total. The van der Waals surface area contributed by atoms with E-state index in [2.05, 4.69) is 41.7 Å². The molecule has 0 saturated heterocycles. The smallest absolute Gasteiger partial charge is 0.162 e. The van der Waals surface area contributed by atoms with Crippen LogP contribution in [0.2, 0.25) is 0 Å². The highest BCUT2D eigenvalue weighted by Gasteiger charge is 2.11. The van der Waals surface area contributed by atoms with Crippen molar-refractivity contribution in [1.29, 1.82) is 0 Å². The minimum Gasteiger partial charge on any atom is -0.303 e. The van der Waals surface area contributed by atoms with E-state index < -0.39 is 0 Å². The van der Waals surface area contributed by atoms with Gasteiger partial charge in [0.15, 0.2) is 5.78 Å². The minimum atomic E-state index is 0.241. The van der Waals surface area contributed by atoms with E-state index in [4.69, 9.17) is 0 Å². The molecule has 0 saturated carbocycles. The van der Waals surface area contributed by atoms with Crippen molar-refractivity contribution >= 4 is 21.7 Å². The van der Waals surface area contributed by atoms with Crippen molar-refractivity contribution in [2.45, 2.75) is 45.6 Å². The highest BCUT2D eigenvalue weighted by molar-refractivity contribution is 9.10. The maximum absolute atomic E-state index is 12.0. The second kappa shape index (κ2) is 8.49. The number of rotatable bonds is 8. The van der Waals surface area contributed by atoms with E-state index in [1.54, 1.807) is 0 Å². The highest BCUT2D eigenvalue weighted by atomic mass is 79.9. The molecule has 3 heteroatoms. The van der Waals surface area contributed by atoms with Gasteiger partial charge in [-0.2, -0.15) is 0 Å². The molecule has 0 aliphatic carbocycles. The van der Waals surface area contributed by atoms with Gasteiger partial charge in [0.1, 0.15) is 0 Å². The molecule has 0 fully saturated rings. The number of hydrogen-bond acceptors (Lipinski definition) is 2. The quantitative estimate of drug-likeness (QED) is 0.654. The van der Waals surface area contributed by atoms with Crippen LogP contribution in [-0.2, 0) is 0 Å². The fraction of sp³-hybridized carbons (Fsp3) is 0.562. The van der Waals surface area contributed by atoms with Gasteiger partial charge in [0.2, 0.25) is 0 Å². The zero-order valence-corrected chi connectivity index (χ0v) is 13.7. The van der Waals surface area contributed by atoms with Gasteiger partial charge < -0.3 is 4.90 Å². The van der Waals surface area contributed by atoms with E-state index in [1.165, 1.54) is 12.8 Å². The topological polar surface area (TPSA) is 20.3 Å². The van der Waals surface area contributed by atoms with Crippen molar-refractivity contribution in [1.82, 2.24) is 4.90 Å². The Hall–Kier alpha value is -0.670. The number of benzene rings is 1. The van der Waals surface area contributed by atoms with Crippen LogP contribution in [0.3, 0.4) is 0 Å². The molecule has 0 spiro atoms. The first-order chi connectivity index (χ1) is 9.08. The number of halogens is 1. The van der Waals surface area contributed by atoms with Crippen molar-refractivity contribution in [3.05, 3.63) is 34.3 Å². The summed E-state index contributed by atoms with van der Waals surface area (Å²) in [5, 5.41) is 0. The van der Waals surface area contributed by atoms with Crippen LogP contribution in [0.15, 0.2) is 28.7 Å². The zero-order chi connectivity index (χ0) is 14.3. The summed E-state index contributed by atoms with van der Waals surface area (Å²) >= 11 is 3.38. The molecule has 0 N–H and O–H groups in total. The first kappa shape index (κ1) is 16.4. The van der Waals surface area contributed by atoms with Gasteiger partial charge in [-0.15, -0.1) is 0 Å². The summed E-state index contributed by atoms with van der Waals surface area (Å²) in [5.74, 6) is 0.241. The van der Waals surface area contributed by atoms with Gasteiger partial charge in [-0.1, -0.05) is 41.9 Å². The van der Waals surface area contributed by atoms with E-state index >= 15 is 0 Å². The summed E-state index contributed by atoms with van der Waals surface area (Å²) in [6.07, 6.45) is 3.91. The average Bonchev–Trinajstić information content (AvgIpc) is 2.40. The molecule has 0 aliphatic rings. The maximum Gasteiger partial charge on any atom is 0.162 e. The molecule has 0 aliphatic heterocycles. The summed E-state index contributed by atoms with van der Waals surface area (Å²) in [4.78, 5) is 14.4. The standard InChI is InChI=1S/C16H24BrNO/c1-4-15(5-2)18(3)12-6-7-16(19)13-8-10-14(17)11-9-13/h8-11,15H,4-7,12H2,1-3H3. The third-order valence-electron chi connectivity index (χ3n) is 3.65. The van der Waals surface area contributed by atoms with Gasteiger partial charge in [-0.3, -0.25) is 4.79 Å². The molecule has 0 heterocycles. The number of carbonyl (C=O) groups is 1. The van der Waals surface area contributed by atoms with Gasteiger partial charge in [0.05, 0.1) is 0 Å². The molecular weight excluding hydrogens is 302 g/mol. The Balaban J connectivity index is 2.36. The summed E-state index contributed by atoms with van der Waals surface area (Å²) in [7, 11) is 2.15. The average molecular weight is 326 g/mol. The molecule has 0 bridgehead atoms. The van der Waals surface area contributed by atoms with Crippen molar-refractivity contribution in [2.24, 2.45) is 0 Å². The molecule has 1 aromatic rings. The van der Waals surface area contributed by atoms with Gasteiger partial charge in [-0.25, -0.2) is 0 Å². The van der Waals surface area contributed by atoms with Crippen LogP contribution >= 0.6 is 15.9 Å². The lowest BCUT2D eigenvalue weighted by molar-refractivity contribution is 0.0973. The summed E-state index contributed by atoms with van der Waals surface area (Å²) < 4.78 is 1.01. The Bertz CT molecular complexity index is 384. The lowest BCUT2D eigenvalue weighted by atomic mass is 10.1. The van der Waals surface area contributed by atoms with E-state index in [9.17, 15) is 4.79 Å². The van der Waals surface area contributed by atoms with Crippen LogP contribution < -0.4 is 0 Å². The lowest BCUT2D eigenvalue weighted by Gasteiger charge is -2.25. The van der Waals surface area contributed by atoms with Crippen LogP contribution in [0, 0.1) is 0 Å². The molecule has 1 aromatic carbocycles. The lowest BCUT2D eigenvalue weighted by Crippen LogP contribution is -2.31. The zero-order valence-electron chi connectivity index (χ0n) is 12.2. The van der Waals surface area contributed by atoms with Crippen LogP contribution in [0.5, 0.6) is 0 Å². The van der Waals surface area contributed by atoms with Crippen LogP contribution in [0.1, 0.15) is 49.9 Å². The van der Waals surface area contributed by atoms with E-state index in [0.717, 1.165) is 23.0 Å². The summed E-state index contributed by atoms with van der Waals surface area (Å²) in [5.41, 5.74) is 0.813. The molecule has 0 amide bonds. The Labute approximate surface area is 125 Å². The van der Waals surface area contributed by atoms with Crippen LogP contribution in [-0.4, -0.2) is 30.3 Å². The fourth-order valence-corrected chi connectivity index (χ4v) is 2.63. The predicted octanol–water partition coefficient (Wildman–Crippen LogP) is 4.53.